The van der Waals surface area contributed by atoms with Gasteiger partial charge in [-0.15, -0.1) is 0 Å². The van der Waals surface area contributed by atoms with Crippen LogP contribution < -0.4 is 16.2 Å². The fraction of sp³-hybridized carbons (Fsp3) is 0.312. The first-order chi connectivity index (χ1) is 10.3. The van der Waals surface area contributed by atoms with Crippen molar-refractivity contribution >= 4 is 23.1 Å². The van der Waals surface area contributed by atoms with Crippen LogP contribution in [0.15, 0.2) is 46.2 Å². The lowest BCUT2D eigenvalue weighted by atomic mass is 10.2. The summed E-state index contributed by atoms with van der Waals surface area (Å²) in [6.45, 7) is 9.15. The van der Waals surface area contributed by atoms with Gasteiger partial charge in [0.25, 0.3) is 5.56 Å². The molecule has 0 aromatic carbocycles. The summed E-state index contributed by atoms with van der Waals surface area (Å²) in [5.74, 6) is 0.112. The largest absolute Gasteiger partial charge is 0.311 e. The molecule has 6 nitrogen and oxygen atoms in total. The van der Waals surface area contributed by atoms with E-state index in [-0.39, 0.29) is 23.2 Å². The summed E-state index contributed by atoms with van der Waals surface area (Å²) in [7, 11) is 1.69. The Labute approximate surface area is 130 Å². The highest BCUT2D eigenvalue weighted by atomic mass is 16.2. The van der Waals surface area contributed by atoms with E-state index in [1.165, 1.54) is 0 Å². The maximum Gasteiger partial charge on any atom is 0.275 e. The molecule has 0 saturated heterocycles. The number of nitrogens with zero attached hydrogens (tertiary/aromatic N) is 1. The molecule has 1 rings (SSSR count). The third-order valence-electron chi connectivity index (χ3n) is 2.88. The van der Waals surface area contributed by atoms with Crippen LogP contribution in [0.3, 0.4) is 0 Å². The number of hydrogen-bond donors (Lipinski definition) is 3. The normalized spacial score (nSPS) is 13.2. The van der Waals surface area contributed by atoms with E-state index < -0.39 is 0 Å². The Balaban J connectivity index is 2.91. The number of pyridine rings is 1. The molecule has 0 radical (unpaired) electrons. The number of aromatic nitrogens is 1. The predicted octanol–water partition coefficient (Wildman–Crippen LogP) is 2.15. The molecular weight excluding hydrogens is 280 g/mol. The Morgan fingerprint density at radius 3 is 2.59 bits per heavy atom. The van der Waals surface area contributed by atoms with Gasteiger partial charge in [0.05, 0.1) is 6.04 Å². The second-order valence-corrected chi connectivity index (χ2v) is 5.02. The van der Waals surface area contributed by atoms with Crippen molar-refractivity contribution in [3.8, 4) is 0 Å². The van der Waals surface area contributed by atoms with E-state index in [1.54, 1.807) is 39.1 Å². The predicted molar refractivity (Wildman–Crippen MR) is 90.9 cm³/mol. The van der Waals surface area contributed by atoms with Crippen molar-refractivity contribution in [2.45, 2.75) is 26.8 Å². The summed E-state index contributed by atoms with van der Waals surface area (Å²) < 4.78 is 0. The van der Waals surface area contributed by atoms with Gasteiger partial charge in [-0.25, -0.2) is 4.99 Å². The molecule has 0 saturated carbocycles. The van der Waals surface area contributed by atoms with E-state index >= 15 is 0 Å². The molecule has 1 aromatic heterocycles. The number of carbonyl (C=O) groups is 1. The van der Waals surface area contributed by atoms with Crippen LogP contribution in [0, 0.1) is 0 Å². The lowest BCUT2D eigenvalue weighted by Gasteiger charge is -2.10. The second-order valence-electron chi connectivity index (χ2n) is 5.02. The number of aliphatic imine (C=N–C) groups is 1. The Morgan fingerprint density at radius 2 is 2.05 bits per heavy atom. The quantitative estimate of drug-likeness (QED) is 0.556. The maximum atomic E-state index is 12.0. The van der Waals surface area contributed by atoms with Gasteiger partial charge in [-0.1, -0.05) is 18.2 Å². The van der Waals surface area contributed by atoms with Crippen molar-refractivity contribution in [1.29, 1.82) is 0 Å². The summed E-state index contributed by atoms with van der Waals surface area (Å²) in [5, 5.41) is 5.44. The minimum Gasteiger partial charge on any atom is -0.311 e. The fourth-order valence-corrected chi connectivity index (χ4v) is 1.49. The number of amides is 1. The molecule has 0 aliphatic carbocycles. The Morgan fingerprint density at radius 1 is 1.36 bits per heavy atom. The summed E-state index contributed by atoms with van der Waals surface area (Å²) in [5.41, 5.74) is 1.51. The molecule has 3 N–H and O–H groups in total. The molecule has 1 amide bonds. The molecule has 0 spiro atoms. The number of allylic oxidation sites excluding steroid dienone is 3. The van der Waals surface area contributed by atoms with E-state index in [4.69, 9.17) is 0 Å². The molecule has 1 aromatic rings. The Hall–Kier alpha value is -2.47. The van der Waals surface area contributed by atoms with Gasteiger partial charge in [0.1, 0.15) is 11.5 Å². The average Bonchev–Trinajstić information content (AvgIpc) is 2.47. The van der Waals surface area contributed by atoms with Gasteiger partial charge in [0.15, 0.2) is 0 Å². The minimum atomic E-state index is -0.363. The summed E-state index contributed by atoms with van der Waals surface area (Å²) >= 11 is 0. The molecule has 0 bridgehead atoms. The highest BCUT2D eigenvalue weighted by Crippen LogP contribution is 2.09. The zero-order valence-corrected chi connectivity index (χ0v) is 13.4. The number of H-pyrrole nitrogens is 1. The molecule has 0 fully saturated rings. The zero-order valence-electron chi connectivity index (χ0n) is 13.4. The Bertz CT molecular complexity index is 671. The number of anilines is 1. The van der Waals surface area contributed by atoms with Crippen molar-refractivity contribution in [3.05, 3.63) is 46.8 Å². The third-order valence-corrected chi connectivity index (χ3v) is 2.88. The van der Waals surface area contributed by atoms with E-state index in [9.17, 15) is 9.59 Å². The molecule has 22 heavy (non-hydrogen) atoms. The first kappa shape index (κ1) is 17.6. The summed E-state index contributed by atoms with van der Waals surface area (Å²) in [4.78, 5) is 30.5. The molecule has 118 valence electrons. The topological polar surface area (TPSA) is 86.3 Å². The fourth-order valence-electron chi connectivity index (χ4n) is 1.49. The zero-order chi connectivity index (χ0) is 16.7. The van der Waals surface area contributed by atoms with Crippen LogP contribution in [0.2, 0.25) is 0 Å². The molecule has 0 aliphatic rings. The summed E-state index contributed by atoms with van der Waals surface area (Å²) in [6.07, 6.45) is 3.60. The van der Waals surface area contributed by atoms with Gasteiger partial charge in [0.2, 0.25) is 5.91 Å². The van der Waals surface area contributed by atoms with Crippen LogP contribution in [0.25, 0.3) is 0 Å². The number of nitrogens with one attached hydrogen (secondary N) is 3. The van der Waals surface area contributed by atoms with Gasteiger partial charge < -0.3 is 15.6 Å². The molecule has 1 atom stereocenters. The number of hydrogen-bond acceptors (Lipinski definition) is 4. The van der Waals surface area contributed by atoms with Gasteiger partial charge in [-0.3, -0.25) is 9.59 Å². The van der Waals surface area contributed by atoms with E-state index in [0.29, 0.717) is 11.5 Å². The van der Waals surface area contributed by atoms with Crippen LogP contribution in [0.4, 0.5) is 11.5 Å². The summed E-state index contributed by atoms with van der Waals surface area (Å²) in [6, 6.07) is 2.82. The Kier molecular flexibility index (Phi) is 6.47. The minimum absolute atomic E-state index is 0.227. The van der Waals surface area contributed by atoms with Crippen molar-refractivity contribution in [2.75, 3.05) is 12.4 Å². The van der Waals surface area contributed by atoms with Crippen LogP contribution in [-0.4, -0.2) is 29.7 Å². The number of likely N-dealkylation sites (N-methyl/N-ethyl adjacent to an activating group) is 1. The van der Waals surface area contributed by atoms with Crippen LogP contribution in [0.1, 0.15) is 20.8 Å². The van der Waals surface area contributed by atoms with Gasteiger partial charge in [-0.2, -0.15) is 0 Å². The monoisotopic (exact) mass is 302 g/mol. The average molecular weight is 302 g/mol. The first-order valence-corrected chi connectivity index (χ1v) is 6.94. The first-order valence-electron chi connectivity index (χ1n) is 6.94. The third kappa shape index (κ3) is 5.49. The second kappa shape index (κ2) is 8.09. The maximum absolute atomic E-state index is 12.0. The van der Waals surface area contributed by atoms with Crippen molar-refractivity contribution in [1.82, 2.24) is 10.3 Å². The highest BCUT2D eigenvalue weighted by molar-refractivity contribution is 5.95. The highest BCUT2D eigenvalue weighted by Gasteiger charge is 2.10. The van der Waals surface area contributed by atoms with E-state index in [1.807, 2.05) is 13.0 Å². The molecule has 0 aliphatic heterocycles. The van der Waals surface area contributed by atoms with Crippen LogP contribution in [0.5, 0.6) is 0 Å². The standard InChI is InChI=1S/C16H22N4O2/c1-10(2)6-7-11(3)18-13-8-9-14(20-16(13)22)19-15(21)12(4)17-5/h6-9,12,17H,1H2,2-5H3,(H2,19,20,21,22)/b7-6-,18-11?. The smallest absolute Gasteiger partial charge is 0.275 e. The lowest BCUT2D eigenvalue weighted by molar-refractivity contribution is -0.117. The van der Waals surface area contributed by atoms with Crippen molar-refractivity contribution in [3.63, 3.8) is 0 Å². The van der Waals surface area contributed by atoms with E-state index in [2.05, 4.69) is 27.2 Å². The molecule has 1 unspecified atom stereocenters. The lowest BCUT2D eigenvalue weighted by Crippen LogP contribution is -2.36. The van der Waals surface area contributed by atoms with Crippen LogP contribution >= 0.6 is 0 Å². The van der Waals surface area contributed by atoms with Gasteiger partial charge in [-0.05, 0) is 46.0 Å². The van der Waals surface area contributed by atoms with Crippen molar-refractivity contribution < 1.29 is 4.79 Å². The van der Waals surface area contributed by atoms with Gasteiger partial charge >= 0.3 is 0 Å². The number of rotatable bonds is 6. The SMILES string of the molecule is C=C(C)/C=C\C(C)=Nc1ccc(NC(=O)C(C)NC)[nH]c1=O. The van der Waals surface area contributed by atoms with E-state index in [0.717, 1.165) is 5.57 Å². The number of aromatic amines is 1. The number of carbonyl (C=O) groups excluding carboxylic acids is 1. The van der Waals surface area contributed by atoms with Crippen molar-refractivity contribution in [2.24, 2.45) is 4.99 Å². The molecule has 6 heteroatoms. The van der Waals surface area contributed by atoms with Crippen LogP contribution in [-0.2, 0) is 4.79 Å². The molecule has 1 heterocycles. The van der Waals surface area contributed by atoms with Gasteiger partial charge in [0, 0.05) is 5.71 Å². The molecular formula is C16H22N4O2.